The zero-order valence-electron chi connectivity index (χ0n) is 21.5. The normalized spacial score (nSPS) is 18.1. The number of alkyl halides is 5. The van der Waals surface area contributed by atoms with E-state index in [-0.39, 0.29) is 11.5 Å². The second kappa shape index (κ2) is 11.7. The summed E-state index contributed by atoms with van der Waals surface area (Å²) in [7, 11) is 0. The quantitative estimate of drug-likeness (QED) is 0.243. The van der Waals surface area contributed by atoms with Gasteiger partial charge >= 0.3 is 12.3 Å². The minimum Gasteiger partial charge on any atom is -0.428 e. The molecule has 0 aliphatic heterocycles. The molecular formula is C30H27F9O. The van der Waals surface area contributed by atoms with E-state index in [1.54, 1.807) is 0 Å². The minimum absolute atomic E-state index is 0.171. The Hall–Kier alpha value is -3.17. The predicted octanol–water partition coefficient (Wildman–Crippen LogP) is 10.5. The van der Waals surface area contributed by atoms with Gasteiger partial charge in [-0.2, -0.15) is 22.0 Å². The maximum atomic E-state index is 15.2. The Morgan fingerprint density at radius 3 is 1.85 bits per heavy atom. The van der Waals surface area contributed by atoms with Crippen LogP contribution in [0.4, 0.5) is 39.5 Å². The number of unbranched alkanes of at least 4 members (excludes halogenated alkanes) is 1. The van der Waals surface area contributed by atoms with E-state index in [4.69, 9.17) is 0 Å². The molecule has 4 rings (SSSR count). The van der Waals surface area contributed by atoms with Gasteiger partial charge in [0.2, 0.25) is 0 Å². The Labute approximate surface area is 226 Å². The molecule has 1 aliphatic carbocycles. The van der Waals surface area contributed by atoms with Crippen molar-refractivity contribution in [2.45, 2.75) is 70.1 Å². The lowest BCUT2D eigenvalue weighted by Crippen LogP contribution is -2.26. The van der Waals surface area contributed by atoms with Gasteiger partial charge in [0.05, 0.1) is 0 Å². The van der Waals surface area contributed by atoms with Crippen LogP contribution in [0.1, 0.15) is 74.5 Å². The first-order valence-corrected chi connectivity index (χ1v) is 13.0. The SMILES string of the molecule is CCCC[C@H]1CC[C@H](c2cc(F)c(C(F)(F)Oc3ccccc3-c3cc(F)c(C(F)(F)F)c(F)c3)c(F)c2)CC1. The standard InChI is InChI=1S/C30H27F9O/c1-2-3-6-17-9-11-18(12-10-17)19-13-24(33)28(25(34)14-19)30(38,39)40-26-8-5-4-7-21(26)20-15-22(31)27(23(32)16-20)29(35,36)37/h4-5,7-8,13-18H,2-3,6,9-12H2,1H3/t17-,18-. The van der Waals surface area contributed by atoms with Crippen molar-refractivity contribution in [2.24, 2.45) is 5.92 Å². The van der Waals surface area contributed by atoms with Crippen molar-refractivity contribution in [3.63, 3.8) is 0 Å². The van der Waals surface area contributed by atoms with Gasteiger partial charge in [-0.25, -0.2) is 17.6 Å². The third kappa shape index (κ3) is 6.41. The van der Waals surface area contributed by atoms with Crippen LogP contribution < -0.4 is 4.74 Å². The van der Waals surface area contributed by atoms with Crippen molar-refractivity contribution in [1.82, 2.24) is 0 Å². The highest BCUT2D eigenvalue weighted by Crippen LogP contribution is 2.43. The van der Waals surface area contributed by atoms with Crippen LogP contribution in [-0.4, -0.2) is 0 Å². The van der Waals surface area contributed by atoms with Crippen LogP contribution >= 0.6 is 0 Å². The molecule has 1 fully saturated rings. The van der Waals surface area contributed by atoms with Gasteiger partial charge in [0, 0.05) is 5.56 Å². The molecule has 0 N–H and O–H groups in total. The lowest BCUT2D eigenvalue weighted by atomic mass is 9.77. The Morgan fingerprint density at radius 2 is 1.30 bits per heavy atom. The predicted molar refractivity (Wildman–Crippen MR) is 132 cm³/mol. The number of hydrogen-bond acceptors (Lipinski definition) is 1. The molecule has 1 aliphatic rings. The van der Waals surface area contributed by atoms with Crippen LogP contribution in [0.3, 0.4) is 0 Å². The summed E-state index contributed by atoms with van der Waals surface area (Å²) in [5, 5.41) is 0. The summed E-state index contributed by atoms with van der Waals surface area (Å²) in [4.78, 5) is 0. The first-order chi connectivity index (χ1) is 18.8. The van der Waals surface area contributed by atoms with Crippen LogP contribution in [-0.2, 0) is 12.3 Å². The molecular weight excluding hydrogens is 547 g/mol. The second-order valence-corrected chi connectivity index (χ2v) is 10.1. The number of rotatable bonds is 8. The number of hydrogen-bond donors (Lipinski definition) is 0. The highest BCUT2D eigenvalue weighted by atomic mass is 19.4. The lowest BCUT2D eigenvalue weighted by molar-refractivity contribution is -0.189. The molecule has 1 nitrogen and oxygen atoms in total. The van der Waals surface area contributed by atoms with E-state index >= 15 is 8.78 Å². The third-order valence-corrected chi connectivity index (χ3v) is 7.40. The summed E-state index contributed by atoms with van der Waals surface area (Å²) in [5.41, 5.74) is -4.46. The molecule has 0 spiro atoms. The highest BCUT2D eigenvalue weighted by Gasteiger charge is 2.42. The Balaban J connectivity index is 1.60. The molecule has 0 heterocycles. The molecule has 0 radical (unpaired) electrons. The molecule has 0 aromatic heterocycles. The molecule has 3 aromatic rings. The van der Waals surface area contributed by atoms with Crippen molar-refractivity contribution in [1.29, 1.82) is 0 Å². The first kappa shape index (κ1) is 29.8. The van der Waals surface area contributed by atoms with Crippen molar-refractivity contribution in [2.75, 3.05) is 0 Å². The Kier molecular flexibility index (Phi) is 8.75. The van der Waals surface area contributed by atoms with Gasteiger partial charge in [-0.15, -0.1) is 0 Å². The first-order valence-electron chi connectivity index (χ1n) is 13.0. The van der Waals surface area contributed by atoms with E-state index in [0.717, 1.165) is 56.4 Å². The van der Waals surface area contributed by atoms with E-state index in [1.807, 2.05) is 0 Å². The highest BCUT2D eigenvalue weighted by molar-refractivity contribution is 5.71. The Morgan fingerprint density at radius 1 is 0.750 bits per heavy atom. The van der Waals surface area contributed by atoms with Crippen LogP contribution in [0.2, 0.25) is 0 Å². The van der Waals surface area contributed by atoms with Crippen molar-refractivity contribution in [3.8, 4) is 16.9 Å². The summed E-state index contributed by atoms with van der Waals surface area (Å²) >= 11 is 0. The van der Waals surface area contributed by atoms with E-state index in [2.05, 4.69) is 11.7 Å². The number of benzene rings is 3. The van der Waals surface area contributed by atoms with Crippen molar-refractivity contribution < 1.29 is 44.3 Å². The summed E-state index contributed by atoms with van der Waals surface area (Å²) in [6, 6.07) is 6.87. The van der Waals surface area contributed by atoms with Crippen LogP contribution in [0.25, 0.3) is 11.1 Å². The summed E-state index contributed by atoms with van der Waals surface area (Å²) < 4.78 is 132. The van der Waals surface area contributed by atoms with E-state index in [1.165, 1.54) is 12.1 Å². The average Bonchev–Trinajstić information content (AvgIpc) is 2.86. The van der Waals surface area contributed by atoms with Gasteiger partial charge in [0.1, 0.15) is 40.1 Å². The molecule has 0 bridgehead atoms. The molecule has 0 saturated heterocycles. The molecule has 0 atom stereocenters. The maximum Gasteiger partial charge on any atom is 0.432 e. The smallest absolute Gasteiger partial charge is 0.428 e. The fourth-order valence-corrected chi connectivity index (χ4v) is 5.37. The zero-order valence-corrected chi connectivity index (χ0v) is 21.5. The molecule has 10 heteroatoms. The largest absolute Gasteiger partial charge is 0.432 e. The maximum absolute atomic E-state index is 15.2. The van der Waals surface area contributed by atoms with Gasteiger partial charge in [-0.05, 0) is 79.0 Å². The summed E-state index contributed by atoms with van der Waals surface area (Å²) in [5.74, 6) is -7.34. The van der Waals surface area contributed by atoms with Crippen molar-refractivity contribution >= 4 is 0 Å². The number of halogens is 9. The average molecular weight is 575 g/mol. The third-order valence-electron chi connectivity index (χ3n) is 7.40. The molecule has 40 heavy (non-hydrogen) atoms. The van der Waals surface area contributed by atoms with Crippen molar-refractivity contribution in [3.05, 3.63) is 88.5 Å². The summed E-state index contributed by atoms with van der Waals surface area (Å²) in [6.07, 6.45) is -3.48. The molecule has 216 valence electrons. The number of ether oxygens (including phenoxy) is 1. The molecule has 0 unspecified atom stereocenters. The van der Waals surface area contributed by atoms with Gasteiger partial charge < -0.3 is 4.74 Å². The van der Waals surface area contributed by atoms with Gasteiger partial charge in [0.15, 0.2) is 0 Å². The van der Waals surface area contributed by atoms with Crippen LogP contribution in [0.5, 0.6) is 5.75 Å². The second-order valence-electron chi connectivity index (χ2n) is 10.1. The number of para-hydroxylation sites is 1. The molecule has 0 amide bonds. The minimum atomic E-state index is -5.33. The monoisotopic (exact) mass is 574 g/mol. The topological polar surface area (TPSA) is 9.23 Å². The zero-order chi connectivity index (χ0) is 29.2. The van der Waals surface area contributed by atoms with Gasteiger partial charge in [0.25, 0.3) is 0 Å². The Bertz CT molecular complexity index is 1300. The fraction of sp³-hybridized carbons (Fsp3) is 0.400. The van der Waals surface area contributed by atoms with E-state index in [0.29, 0.717) is 30.9 Å². The molecule has 1 saturated carbocycles. The van der Waals surface area contributed by atoms with Crippen LogP contribution in [0.15, 0.2) is 48.5 Å². The van der Waals surface area contributed by atoms with Gasteiger partial charge in [-0.1, -0.05) is 44.4 Å². The fourth-order valence-electron chi connectivity index (χ4n) is 5.37. The van der Waals surface area contributed by atoms with E-state index < -0.39 is 63.6 Å². The van der Waals surface area contributed by atoms with Crippen LogP contribution in [0, 0.1) is 29.2 Å². The molecule has 3 aromatic carbocycles. The van der Waals surface area contributed by atoms with Gasteiger partial charge in [-0.3, -0.25) is 0 Å². The lowest BCUT2D eigenvalue weighted by Gasteiger charge is -2.29. The summed E-state index contributed by atoms with van der Waals surface area (Å²) in [6.45, 7) is 2.10. The van der Waals surface area contributed by atoms with E-state index in [9.17, 15) is 30.7 Å².